The van der Waals surface area contributed by atoms with Crippen LogP contribution in [0.1, 0.15) is 31.2 Å². The molecule has 1 aliphatic carbocycles. The van der Waals surface area contributed by atoms with Crippen molar-refractivity contribution in [3.8, 4) is 5.75 Å². The summed E-state index contributed by atoms with van der Waals surface area (Å²) >= 11 is 0. The number of aryl methyl sites for hydroxylation is 1. The van der Waals surface area contributed by atoms with Crippen molar-refractivity contribution in [3.63, 3.8) is 0 Å². The average Bonchev–Trinajstić information content (AvgIpc) is 2.41. The third-order valence-corrected chi connectivity index (χ3v) is 5.53. The Morgan fingerprint density at radius 1 is 1.30 bits per heavy atom. The van der Waals surface area contributed by atoms with E-state index in [2.05, 4.69) is 4.72 Å². The lowest BCUT2D eigenvalue weighted by Crippen LogP contribution is -2.40. The zero-order valence-corrected chi connectivity index (χ0v) is 12.6. The van der Waals surface area contributed by atoms with Crippen molar-refractivity contribution in [1.29, 1.82) is 0 Å². The quantitative estimate of drug-likeness (QED) is 0.892. The SMILES string of the molecule is COc1cc(C)ccc1NS(=O)(=O)C1CCCCC1O. The maximum absolute atomic E-state index is 12.4. The Morgan fingerprint density at radius 3 is 2.65 bits per heavy atom. The van der Waals surface area contributed by atoms with Crippen molar-refractivity contribution in [3.05, 3.63) is 23.8 Å². The largest absolute Gasteiger partial charge is 0.495 e. The minimum absolute atomic E-state index is 0.413. The van der Waals surface area contributed by atoms with E-state index in [4.69, 9.17) is 4.74 Å². The molecule has 1 saturated carbocycles. The number of aliphatic hydroxyl groups is 1. The fourth-order valence-electron chi connectivity index (χ4n) is 2.55. The van der Waals surface area contributed by atoms with E-state index in [0.29, 0.717) is 24.3 Å². The van der Waals surface area contributed by atoms with Gasteiger partial charge in [0, 0.05) is 0 Å². The van der Waals surface area contributed by atoms with Crippen LogP contribution >= 0.6 is 0 Å². The van der Waals surface area contributed by atoms with Crippen molar-refractivity contribution >= 4 is 15.7 Å². The highest BCUT2D eigenvalue weighted by Crippen LogP contribution is 2.30. The lowest BCUT2D eigenvalue weighted by molar-refractivity contribution is 0.133. The van der Waals surface area contributed by atoms with Gasteiger partial charge in [0.05, 0.1) is 18.9 Å². The molecule has 1 aromatic carbocycles. The molecule has 0 radical (unpaired) electrons. The normalized spacial score (nSPS) is 23.4. The van der Waals surface area contributed by atoms with Gasteiger partial charge >= 0.3 is 0 Å². The van der Waals surface area contributed by atoms with E-state index < -0.39 is 21.4 Å². The van der Waals surface area contributed by atoms with Crippen LogP contribution in [-0.2, 0) is 10.0 Å². The second-order valence-electron chi connectivity index (χ2n) is 5.24. The standard InChI is InChI=1S/C14H21NO4S/c1-10-7-8-11(13(9-10)19-2)15-20(17,18)14-6-4-3-5-12(14)16/h7-9,12,14-16H,3-6H2,1-2H3. The Morgan fingerprint density at radius 2 is 2.00 bits per heavy atom. The Kier molecular flexibility index (Phi) is 4.55. The molecule has 2 unspecified atom stereocenters. The van der Waals surface area contributed by atoms with E-state index in [0.717, 1.165) is 18.4 Å². The van der Waals surface area contributed by atoms with Crippen molar-refractivity contribution < 1.29 is 18.3 Å². The fraction of sp³-hybridized carbons (Fsp3) is 0.571. The number of hydrogen-bond donors (Lipinski definition) is 2. The van der Waals surface area contributed by atoms with Crippen molar-refractivity contribution in [2.24, 2.45) is 0 Å². The Bertz CT molecular complexity index is 571. The highest BCUT2D eigenvalue weighted by molar-refractivity contribution is 7.93. The third kappa shape index (κ3) is 3.24. The van der Waals surface area contributed by atoms with Gasteiger partial charge in [-0.05, 0) is 37.5 Å². The predicted molar refractivity (Wildman–Crippen MR) is 78.5 cm³/mol. The number of benzene rings is 1. The van der Waals surface area contributed by atoms with E-state index in [9.17, 15) is 13.5 Å². The van der Waals surface area contributed by atoms with Crippen LogP contribution in [-0.4, -0.2) is 32.0 Å². The minimum Gasteiger partial charge on any atom is -0.495 e. The summed E-state index contributed by atoms with van der Waals surface area (Å²) in [5.74, 6) is 0.485. The maximum atomic E-state index is 12.4. The summed E-state index contributed by atoms with van der Waals surface area (Å²) in [7, 11) is -2.11. The molecule has 5 nitrogen and oxygen atoms in total. The van der Waals surface area contributed by atoms with Crippen LogP contribution in [0.2, 0.25) is 0 Å². The van der Waals surface area contributed by atoms with Crippen molar-refractivity contribution in [2.45, 2.75) is 44.0 Å². The van der Waals surface area contributed by atoms with Crippen LogP contribution in [0, 0.1) is 6.92 Å². The van der Waals surface area contributed by atoms with Gasteiger partial charge in [0.1, 0.15) is 11.0 Å². The van der Waals surface area contributed by atoms with E-state index in [1.165, 1.54) is 7.11 Å². The van der Waals surface area contributed by atoms with Gasteiger partial charge in [-0.3, -0.25) is 4.72 Å². The number of sulfonamides is 1. The summed E-state index contributed by atoms with van der Waals surface area (Å²) in [6, 6.07) is 5.27. The Balaban J connectivity index is 2.23. The van der Waals surface area contributed by atoms with Gasteiger partial charge in [-0.25, -0.2) is 8.42 Å². The van der Waals surface area contributed by atoms with Crippen LogP contribution < -0.4 is 9.46 Å². The molecular weight excluding hydrogens is 278 g/mol. The number of ether oxygens (including phenoxy) is 1. The second-order valence-corrected chi connectivity index (χ2v) is 7.14. The summed E-state index contributed by atoms with van der Waals surface area (Å²) < 4.78 is 32.5. The maximum Gasteiger partial charge on any atom is 0.238 e. The number of rotatable bonds is 4. The average molecular weight is 299 g/mol. The lowest BCUT2D eigenvalue weighted by Gasteiger charge is -2.27. The van der Waals surface area contributed by atoms with Gasteiger partial charge in [-0.1, -0.05) is 18.9 Å². The van der Waals surface area contributed by atoms with E-state index in [1.54, 1.807) is 12.1 Å². The van der Waals surface area contributed by atoms with E-state index in [-0.39, 0.29) is 0 Å². The number of nitrogens with one attached hydrogen (secondary N) is 1. The van der Waals surface area contributed by atoms with Gasteiger partial charge < -0.3 is 9.84 Å². The molecule has 0 saturated heterocycles. The predicted octanol–water partition coefficient (Wildman–Crippen LogP) is 2.05. The van der Waals surface area contributed by atoms with Crippen LogP contribution in [0.25, 0.3) is 0 Å². The number of aliphatic hydroxyl groups excluding tert-OH is 1. The minimum atomic E-state index is -3.61. The van der Waals surface area contributed by atoms with Gasteiger partial charge in [-0.2, -0.15) is 0 Å². The summed E-state index contributed by atoms with van der Waals surface area (Å²) in [4.78, 5) is 0. The number of hydrogen-bond acceptors (Lipinski definition) is 4. The molecule has 0 spiro atoms. The third-order valence-electron chi connectivity index (χ3n) is 3.68. The van der Waals surface area contributed by atoms with Crippen molar-refractivity contribution in [2.75, 3.05) is 11.8 Å². The molecule has 1 aliphatic rings. The van der Waals surface area contributed by atoms with Crippen LogP contribution in [0.15, 0.2) is 18.2 Å². The highest BCUT2D eigenvalue weighted by atomic mass is 32.2. The molecule has 0 aromatic heterocycles. The smallest absolute Gasteiger partial charge is 0.238 e. The molecule has 2 N–H and O–H groups in total. The van der Waals surface area contributed by atoms with Crippen LogP contribution in [0.3, 0.4) is 0 Å². The first-order valence-corrected chi connectivity index (χ1v) is 8.33. The summed E-state index contributed by atoms with van der Waals surface area (Å²) in [6.45, 7) is 1.91. The zero-order chi connectivity index (χ0) is 14.8. The summed E-state index contributed by atoms with van der Waals surface area (Å²) in [5, 5.41) is 9.15. The summed E-state index contributed by atoms with van der Waals surface area (Å²) in [6.07, 6.45) is 1.94. The molecule has 20 heavy (non-hydrogen) atoms. The molecule has 2 rings (SSSR count). The molecule has 0 aliphatic heterocycles. The monoisotopic (exact) mass is 299 g/mol. The van der Waals surface area contributed by atoms with Gasteiger partial charge in [0.25, 0.3) is 0 Å². The van der Waals surface area contributed by atoms with Gasteiger partial charge in [0.2, 0.25) is 10.0 Å². The summed E-state index contributed by atoms with van der Waals surface area (Å²) in [5.41, 5.74) is 1.40. The molecule has 0 bridgehead atoms. The van der Waals surface area contributed by atoms with E-state index in [1.807, 2.05) is 13.0 Å². The fourth-order valence-corrected chi connectivity index (χ4v) is 4.20. The number of anilines is 1. The molecule has 0 heterocycles. The highest BCUT2D eigenvalue weighted by Gasteiger charge is 2.34. The second kappa shape index (κ2) is 6.01. The van der Waals surface area contributed by atoms with Gasteiger partial charge in [-0.15, -0.1) is 0 Å². The number of methoxy groups -OCH3 is 1. The van der Waals surface area contributed by atoms with E-state index >= 15 is 0 Å². The first-order valence-electron chi connectivity index (χ1n) is 6.78. The lowest BCUT2D eigenvalue weighted by atomic mass is 9.97. The van der Waals surface area contributed by atoms with Crippen LogP contribution in [0.5, 0.6) is 5.75 Å². The van der Waals surface area contributed by atoms with Gasteiger partial charge in [0.15, 0.2) is 0 Å². The molecule has 2 atom stereocenters. The molecule has 112 valence electrons. The molecule has 6 heteroatoms. The topological polar surface area (TPSA) is 75.6 Å². The first kappa shape index (κ1) is 15.1. The first-order chi connectivity index (χ1) is 9.44. The Labute approximate surface area is 120 Å². The van der Waals surface area contributed by atoms with Crippen LogP contribution in [0.4, 0.5) is 5.69 Å². The molecule has 0 amide bonds. The zero-order valence-electron chi connectivity index (χ0n) is 11.8. The molecular formula is C14H21NO4S. The van der Waals surface area contributed by atoms with Crippen molar-refractivity contribution in [1.82, 2.24) is 0 Å². The Hall–Kier alpha value is -1.27. The molecule has 1 fully saturated rings. The molecule has 1 aromatic rings.